The van der Waals surface area contributed by atoms with Crippen molar-refractivity contribution >= 4 is 29.9 Å². The van der Waals surface area contributed by atoms with E-state index in [4.69, 9.17) is 14.2 Å². The molecule has 1 unspecified atom stereocenters. The van der Waals surface area contributed by atoms with Gasteiger partial charge in [-0.1, -0.05) is 0 Å². The monoisotopic (exact) mass is 542 g/mol. The summed E-state index contributed by atoms with van der Waals surface area (Å²) in [6.07, 6.45) is 0. The second-order valence-electron chi connectivity index (χ2n) is 6.77. The molecular formula is C19H29F2IN4O4. The minimum Gasteiger partial charge on any atom is -0.454 e. The summed E-state index contributed by atoms with van der Waals surface area (Å²) in [4.78, 5) is 6.88. The summed E-state index contributed by atoms with van der Waals surface area (Å²) in [5.74, 6) is 1.52. The zero-order valence-electron chi connectivity index (χ0n) is 17.2. The van der Waals surface area contributed by atoms with Crippen molar-refractivity contribution in [3.05, 3.63) is 17.7 Å². The summed E-state index contributed by atoms with van der Waals surface area (Å²) < 4.78 is 46.2. The first-order valence-electron chi connectivity index (χ1n) is 9.78. The molecule has 2 heterocycles. The van der Waals surface area contributed by atoms with Crippen LogP contribution in [-0.4, -0.2) is 69.7 Å². The van der Waals surface area contributed by atoms with E-state index in [0.29, 0.717) is 42.2 Å². The highest BCUT2D eigenvalue weighted by Crippen LogP contribution is 2.39. The Morgan fingerprint density at radius 1 is 1.20 bits per heavy atom. The van der Waals surface area contributed by atoms with E-state index in [2.05, 4.69) is 32.2 Å². The maximum absolute atomic E-state index is 12.8. The topological polar surface area (TPSA) is 76.6 Å². The van der Waals surface area contributed by atoms with Crippen LogP contribution in [0.5, 0.6) is 17.2 Å². The van der Waals surface area contributed by atoms with E-state index in [1.807, 2.05) is 6.92 Å². The molecule has 3 rings (SSSR count). The molecule has 0 aromatic heterocycles. The molecule has 2 N–H and O–H groups in total. The van der Waals surface area contributed by atoms with Crippen LogP contribution in [0.25, 0.3) is 0 Å². The molecule has 2 aliphatic rings. The molecule has 0 bridgehead atoms. The number of hydrogen-bond acceptors (Lipinski definition) is 6. The third-order valence-electron chi connectivity index (χ3n) is 4.76. The Labute approximate surface area is 192 Å². The quantitative estimate of drug-likeness (QED) is 0.297. The van der Waals surface area contributed by atoms with Crippen molar-refractivity contribution in [2.75, 3.05) is 46.2 Å². The van der Waals surface area contributed by atoms with E-state index >= 15 is 0 Å². The van der Waals surface area contributed by atoms with Gasteiger partial charge in [0.05, 0.1) is 19.8 Å². The van der Waals surface area contributed by atoms with Gasteiger partial charge in [-0.25, -0.2) is 4.99 Å². The molecule has 1 aromatic rings. The lowest BCUT2D eigenvalue weighted by Crippen LogP contribution is -2.49. The largest absolute Gasteiger partial charge is 0.454 e. The Balaban J connectivity index is 0.00000320. The normalized spacial score (nSPS) is 17.4. The molecule has 0 saturated carbocycles. The summed E-state index contributed by atoms with van der Waals surface area (Å²) in [7, 11) is 0. The van der Waals surface area contributed by atoms with Crippen LogP contribution < -0.4 is 24.8 Å². The van der Waals surface area contributed by atoms with Crippen molar-refractivity contribution in [2.24, 2.45) is 4.99 Å². The summed E-state index contributed by atoms with van der Waals surface area (Å²) in [5.41, 5.74) is 0.494. The molecule has 11 heteroatoms. The second-order valence-corrected chi connectivity index (χ2v) is 6.77. The molecule has 0 spiro atoms. The van der Waals surface area contributed by atoms with Crippen LogP contribution in [-0.2, 0) is 11.3 Å². The van der Waals surface area contributed by atoms with Gasteiger partial charge in [0.15, 0.2) is 17.5 Å². The van der Waals surface area contributed by atoms with Gasteiger partial charge in [-0.2, -0.15) is 8.78 Å². The first-order valence-corrected chi connectivity index (χ1v) is 9.78. The second kappa shape index (κ2) is 12.3. The fourth-order valence-corrected chi connectivity index (χ4v) is 3.19. The zero-order chi connectivity index (χ0) is 20.6. The van der Waals surface area contributed by atoms with Crippen molar-refractivity contribution in [1.29, 1.82) is 0 Å². The van der Waals surface area contributed by atoms with Crippen LogP contribution in [0, 0.1) is 0 Å². The van der Waals surface area contributed by atoms with E-state index in [1.165, 1.54) is 6.07 Å². The highest BCUT2D eigenvalue weighted by Gasteiger charge is 2.20. The Morgan fingerprint density at radius 3 is 2.57 bits per heavy atom. The Morgan fingerprint density at radius 2 is 1.90 bits per heavy atom. The first kappa shape index (κ1) is 24.7. The first-order chi connectivity index (χ1) is 14.1. The summed E-state index contributed by atoms with van der Waals surface area (Å²) in [6, 6.07) is 3.36. The number of morpholine rings is 1. The van der Waals surface area contributed by atoms with Crippen molar-refractivity contribution in [2.45, 2.75) is 33.0 Å². The van der Waals surface area contributed by atoms with Crippen LogP contribution in [0.1, 0.15) is 19.4 Å². The third-order valence-corrected chi connectivity index (χ3v) is 4.76. The van der Waals surface area contributed by atoms with Crippen LogP contribution in [0.15, 0.2) is 17.1 Å². The highest BCUT2D eigenvalue weighted by molar-refractivity contribution is 14.0. The highest BCUT2D eigenvalue weighted by atomic mass is 127. The van der Waals surface area contributed by atoms with Gasteiger partial charge in [0.2, 0.25) is 6.79 Å². The molecular weight excluding hydrogens is 513 g/mol. The van der Waals surface area contributed by atoms with Crippen LogP contribution in [0.2, 0.25) is 0 Å². The SMILES string of the molecule is CCNC(=NCc1cc2c(cc1OC(F)F)OCO2)NCC(C)N1CCOCC1.I. The maximum Gasteiger partial charge on any atom is 0.387 e. The predicted molar refractivity (Wildman–Crippen MR) is 119 cm³/mol. The maximum atomic E-state index is 12.8. The van der Waals surface area contributed by atoms with Gasteiger partial charge >= 0.3 is 6.61 Å². The lowest BCUT2D eigenvalue weighted by Gasteiger charge is -2.32. The number of hydrogen-bond donors (Lipinski definition) is 2. The number of nitrogens with zero attached hydrogens (tertiary/aromatic N) is 2. The summed E-state index contributed by atoms with van der Waals surface area (Å²) in [5, 5.41) is 6.49. The van der Waals surface area contributed by atoms with E-state index in [1.54, 1.807) is 6.07 Å². The van der Waals surface area contributed by atoms with Crippen molar-refractivity contribution in [1.82, 2.24) is 15.5 Å². The average Bonchev–Trinajstić information content (AvgIpc) is 3.17. The van der Waals surface area contributed by atoms with Gasteiger partial charge in [0.1, 0.15) is 5.75 Å². The zero-order valence-corrected chi connectivity index (χ0v) is 19.5. The Bertz CT molecular complexity index is 705. The smallest absolute Gasteiger partial charge is 0.387 e. The fourth-order valence-electron chi connectivity index (χ4n) is 3.19. The van der Waals surface area contributed by atoms with Crippen LogP contribution in [0.3, 0.4) is 0 Å². The lowest BCUT2D eigenvalue weighted by atomic mass is 10.1. The number of fused-ring (bicyclic) bond motifs is 1. The van der Waals surface area contributed by atoms with Crippen molar-refractivity contribution in [3.63, 3.8) is 0 Å². The molecule has 1 atom stereocenters. The van der Waals surface area contributed by atoms with Gasteiger partial charge in [-0.05, 0) is 19.9 Å². The van der Waals surface area contributed by atoms with Gasteiger partial charge in [-0.3, -0.25) is 4.90 Å². The summed E-state index contributed by atoms with van der Waals surface area (Å²) in [6.45, 7) is 6.07. The van der Waals surface area contributed by atoms with Gasteiger partial charge in [0.25, 0.3) is 0 Å². The number of ether oxygens (including phenoxy) is 4. The standard InChI is InChI=1S/C19H28F2N4O4.HI/c1-3-22-19(23-10-13(2)25-4-6-26-7-5-25)24-11-14-8-16-17(28-12-27-16)9-15(14)29-18(20)21;/h8-9,13,18H,3-7,10-12H2,1-2H3,(H2,22,23,24);1H. The van der Waals surface area contributed by atoms with Crippen LogP contribution in [0.4, 0.5) is 8.78 Å². The number of benzene rings is 1. The Hall–Kier alpha value is -1.60. The van der Waals surface area contributed by atoms with E-state index in [-0.39, 0.29) is 43.1 Å². The predicted octanol–water partition coefficient (Wildman–Crippen LogP) is 2.41. The molecule has 0 amide bonds. The van der Waals surface area contributed by atoms with Gasteiger partial charge < -0.3 is 29.6 Å². The van der Waals surface area contributed by atoms with Crippen LogP contribution >= 0.6 is 24.0 Å². The van der Waals surface area contributed by atoms with Gasteiger partial charge in [0, 0.05) is 43.9 Å². The molecule has 1 aromatic carbocycles. The Kier molecular flexibility index (Phi) is 10.1. The average molecular weight is 542 g/mol. The van der Waals surface area contributed by atoms with Crippen molar-refractivity contribution in [3.8, 4) is 17.2 Å². The molecule has 1 fully saturated rings. The summed E-state index contributed by atoms with van der Waals surface area (Å²) >= 11 is 0. The number of aliphatic imine (C=N–C) groups is 1. The molecule has 30 heavy (non-hydrogen) atoms. The number of nitrogens with one attached hydrogen (secondary N) is 2. The fraction of sp³-hybridized carbons (Fsp3) is 0.632. The molecule has 0 aliphatic carbocycles. The molecule has 8 nitrogen and oxygen atoms in total. The lowest BCUT2D eigenvalue weighted by molar-refractivity contribution is -0.0505. The number of halogens is 3. The minimum atomic E-state index is -2.93. The number of rotatable bonds is 8. The minimum absolute atomic E-state index is 0. The molecule has 2 aliphatic heterocycles. The van der Waals surface area contributed by atoms with Crippen molar-refractivity contribution < 1.29 is 27.7 Å². The molecule has 1 saturated heterocycles. The molecule has 170 valence electrons. The number of guanidine groups is 1. The van der Waals surface area contributed by atoms with E-state index in [0.717, 1.165) is 26.3 Å². The van der Waals surface area contributed by atoms with E-state index in [9.17, 15) is 8.78 Å². The number of alkyl halides is 2. The van der Waals surface area contributed by atoms with E-state index < -0.39 is 6.61 Å². The molecule has 0 radical (unpaired) electrons. The van der Waals surface area contributed by atoms with Gasteiger partial charge in [-0.15, -0.1) is 24.0 Å². The third kappa shape index (κ3) is 6.98.